The average Bonchev–Trinajstić information content (AvgIpc) is 2.71. The largest absolute Gasteiger partial charge is 0.497 e. The van der Waals surface area contributed by atoms with Gasteiger partial charge in [0.1, 0.15) is 11.8 Å². The summed E-state index contributed by atoms with van der Waals surface area (Å²) < 4.78 is 5.13. The lowest BCUT2D eigenvalue weighted by Crippen LogP contribution is -2.54. The summed E-state index contributed by atoms with van der Waals surface area (Å²) in [6.45, 7) is 4.49. The third-order valence-electron chi connectivity index (χ3n) is 5.00. The fraction of sp³-hybridized carbons (Fsp3) is 0.364. The third kappa shape index (κ3) is 4.70. The molecule has 2 aromatic carbocycles. The summed E-state index contributed by atoms with van der Waals surface area (Å²) >= 11 is 0. The molecule has 0 spiro atoms. The maximum atomic E-state index is 12.8. The van der Waals surface area contributed by atoms with Crippen LogP contribution in [0.3, 0.4) is 0 Å². The Labute approximate surface area is 165 Å². The number of benzene rings is 2. The van der Waals surface area contributed by atoms with E-state index in [4.69, 9.17) is 4.74 Å². The predicted molar refractivity (Wildman–Crippen MR) is 109 cm³/mol. The van der Waals surface area contributed by atoms with E-state index >= 15 is 0 Å². The van der Waals surface area contributed by atoms with Gasteiger partial charge < -0.3 is 20.7 Å². The molecule has 148 valence electrons. The van der Waals surface area contributed by atoms with Crippen molar-refractivity contribution in [3.63, 3.8) is 0 Å². The van der Waals surface area contributed by atoms with Gasteiger partial charge in [0.15, 0.2) is 0 Å². The number of amides is 2. The molecule has 1 aliphatic heterocycles. The molecule has 3 N–H and O–H groups in total. The summed E-state index contributed by atoms with van der Waals surface area (Å²) in [7, 11) is 1.59. The molecule has 28 heavy (non-hydrogen) atoms. The first-order chi connectivity index (χ1) is 13.5. The van der Waals surface area contributed by atoms with E-state index in [1.54, 1.807) is 31.4 Å². The molecule has 0 bridgehead atoms. The number of ether oxygens (including phenoxy) is 1. The molecule has 0 unspecified atom stereocenters. The number of fused-ring (bicyclic) bond motifs is 1. The van der Waals surface area contributed by atoms with Crippen LogP contribution >= 0.6 is 0 Å². The molecule has 6 heteroatoms. The molecule has 2 amide bonds. The summed E-state index contributed by atoms with van der Waals surface area (Å²) in [5.41, 5.74) is 3.05. The first-order valence-corrected chi connectivity index (χ1v) is 9.53. The second-order valence-corrected chi connectivity index (χ2v) is 7.35. The van der Waals surface area contributed by atoms with Gasteiger partial charge in [0, 0.05) is 12.2 Å². The average molecular weight is 381 g/mol. The van der Waals surface area contributed by atoms with Crippen molar-refractivity contribution in [2.24, 2.45) is 5.92 Å². The van der Waals surface area contributed by atoms with E-state index in [0.29, 0.717) is 18.7 Å². The minimum atomic E-state index is -0.617. The molecule has 0 radical (unpaired) electrons. The number of carbonyl (C=O) groups excluding carboxylic acids is 2. The zero-order chi connectivity index (χ0) is 20.1. The lowest BCUT2D eigenvalue weighted by atomic mass is 9.94. The van der Waals surface area contributed by atoms with Gasteiger partial charge in [-0.05, 0) is 47.7 Å². The molecule has 0 saturated heterocycles. The first-order valence-electron chi connectivity index (χ1n) is 9.53. The summed E-state index contributed by atoms with van der Waals surface area (Å²) in [6, 6.07) is 14.2. The van der Waals surface area contributed by atoms with Gasteiger partial charge in [-0.2, -0.15) is 0 Å². The van der Waals surface area contributed by atoms with Crippen molar-refractivity contribution in [1.29, 1.82) is 0 Å². The van der Waals surface area contributed by atoms with Crippen LogP contribution in [0, 0.1) is 5.92 Å². The van der Waals surface area contributed by atoms with Crippen LogP contribution in [-0.4, -0.2) is 31.0 Å². The molecular formula is C22H27N3O3. The molecule has 0 aromatic heterocycles. The van der Waals surface area contributed by atoms with Gasteiger partial charge in [0.25, 0.3) is 0 Å². The van der Waals surface area contributed by atoms with Crippen molar-refractivity contribution in [2.45, 2.75) is 38.9 Å². The van der Waals surface area contributed by atoms with Gasteiger partial charge in [0.05, 0.1) is 13.2 Å². The highest BCUT2D eigenvalue weighted by Gasteiger charge is 2.29. The van der Waals surface area contributed by atoms with Crippen molar-refractivity contribution < 1.29 is 14.3 Å². The highest BCUT2D eigenvalue weighted by atomic mass is 16.5. The number of rotatable bonds is 6. The Kier molecular flexibility index (Phi) is 6.31. The SMILES string of the molecule is COc1ccc(NC(=O)[C@H](NC(=O)[C@@H]2Cc3ccccc3CN2)C(C)C)cc1. The van der Waals surface area contributed by atoms with Gasteiger partial charge in [0.2, 0.25) is 11.8 Å². The molecule has 2 atom stereocenters. The summed E-state index contributed by atoms with van der Waals surface area (Å²) in [5.74, 6) is 0.288. The highest BCUT2D eigenvalue weighted by molar-refractivity contribution is 5.98. The minimum absolute atomic E-state index is 0.0434. The van der Waals surface area contributed by atoms with Gasteiger partial charge in [-0.25, -0.2) is 0 Å². The fourth-order valence-electron chi connectivity index (χ4n) is 3.32. The van der Waals surface area contributed by atoms with Gasteiger partial charge >= 0.3 is 0 Å². The molecule has 3 rings (SSSR count). The zero-order valence-electron chi connectivity index (χ0n) is 16.5. The topological polar surface area (TPSA) is 79.5 Å². The molecule has 0 fully saturated rings. The Balaban J connectivity index is 1.63. The lowest BCUT2D eigenvalue weighted by Gasteiger charge is -2.28. The third-order valence-corrected chi connectivity index (χ3v) is 5.00. The number of nitrogens with one attached hydrogen (secondary N) is 3. The Morgan fingerprint density at radius 2 is 1.75 bits per heavy atom. The summed E-state index contributed by atoms with van der Waals surface area (Å²) in [4.78, 5) is 25.5. The van der Waals surface area contributed by atoms with Gasteiger partial charge in [-0.3, -0.25) is 9.59 Å². The van der Waals surface area contributed by atoms with Gasteiger partial charge in [-0.15, -0.1) is 0 Å². The summed E-state index contributed by atoms with van der Waals surface area (Å²) in [5, 5.41) is 9.05. The smallest absolute Gasteiger partial charge is 0.247 e. The van der Waals surface area contributed by atoms with Crippen molar-refractivity contribution in [1.82, 2.24) is 10.6 Å². The van der Waals surface area contributed by atoms with E-state index in [0.717, 1.165) is 5.75 Å². The Morgan fingerprint density at radius 3 is 2.39 bits per heavy atom. The van der Waals surface area contributed by atoms with E-state index < -0.39 is 6.04 Å². The molecular weight excluding hydrogens is 354 g/mol. The number of methoxy groups -OCH3 is 1. The molecule has 1 aliphatic rings. The molecule has 6 nitrogen and oxygen atoms in total. The molecule has 1 heterocycles. The highest BCUT2D eigenvalue weighted by Crippen LogP contribution is 2.18. The monoisotopic (exact) mass is 381 g/mol. The second-order valence-electron chi connectivity index (χ2n) is 7.35. The summed E-state index contributed by atoms with van der Waals surface area (Å²) in [6.07, 6.45) is 0.618. The molecule has 0 aliphatic carbocycles. The van der Waals surface area contributed by atoms with Gasteiger partial charge in [-0.1, -0.05) is 38.1 Å². The Hall–Kier alpha value is -2.86. The minimum Gasteiger partial charge on any atom is -0.497 e. The number of carbonyl (C=O) groups is 2. The zero-order valence-corrected chi connectivity index (χ0v) is 16.5. The van der Waals surface area contributed by atoms with E-state index in [1.807, 2.05) is 32.0 Å². The van der Waals surface area contributed by atoms with Crippen LogP contribution in [0.15, 0.2) is 48.5 Å². The van der Waals surface area contributed by atoms with Crippen LogP contribution in [0.2, 0.25) is 0 Å². The maximum absolute atomic E-state index is 12.8. The number of anilines is 1. The van der Waals surface area contributed by atoms with Crippen LogP contribution in [-0.2, 0) is 22.6 Å². The number of hydrogen-bond donors (Lipinski definition) is 3. The van der Waals surface area contributed by atoms with Crippen molar-refractivity contribution in [3.05, 3.63) is 59.7 Å². The Morgan fingerprint density at radius 1 is 1.07 bits per heavy atom. The number of hydrogen-bond acceptors (Lipinski definition) is 4. The van der Waals surface area contributed by atoms with Crippen LogP contribution in [0.25, 0.3) is 0 Å². The van der Waals surface area contributed by atoms with E-state index in [9.17, 15) is 9.59 Å². The van der Waals surface area contributed by atoms with Crippen LogP contribution in [0.4, 0.5) is 5.69 Å². The lowest BCUT2D eigenvalue weighted by molar-refractivity contribution is -0.128. The molecule has 2 aromatic rings. The quantitative estimate of drug-likeness (QED) is 0.718. The fourth-order valence-corrected chi connectivity index (χ4v) is 3.32. The van der Waals surface area contributed by atoms with Crippen LogP contribution in [0.1, 0.15) is 25.0 Å². The predicted octanol–water partition coefficient (Wildman–Crippen LogP) is 2.49. The maximum Gasteiger partial charge on any atom is 0.247 e. The second kappa shape index (κ2) is 8.89. The van der Waals surface area contributed by atoms with Crippen molar-refractivity contribution >= 4 is 17.5 Å². The molecule has 0 saturated carbocycles. The van der Waals surface area contributed by atoms with E-state index in [2.05, 4.69) is 22.0 Å². The van der Waals surface area contributed by atoms with Crippen LogP contribution < -0.4 is 20.7 Å². The van der Waals surface area contributed by atoms with E-state index in [1.165, 1.54) is 11.1 Å². The van der Waals surface area contributed by atoms with Crippen molar-refractivity contribution in [3.8, 4) is 5.75 Å². The normalized spacial score (nSPS) is 16.8. The standard InChI is InChI=1S/C22H27N3O3/c1-14(2)20(22(27)24-17-8-10-18(28-3)11-9-17)25-21(26)19-12-15-6-4-5-7-16(15)13-23-19/h4-11,14,19-20,23H,12-13H2,1-3H3,(H,24,27)(H,25,26)/t19-,20+/m0/s1. The van der Waals surface area contributed by atoms with Crippen LogP contribution in [0.5, 0.6) is 5.75 Å². The Bertz CT molecular complexity index is 833. The van der Waals surface area contributed by atoms with Crippen molar-refractivity contribution in [2.75, 3.05) is 12.4 Å². The first kappa shape index (κ1) is 19.9. The van der Waals surface area contributed by atoms with E-state index in [-0.39, 0.29) is 23.8 Å².